The molecule has 0 spiro atoms. The highest BCUT2D eigenvalue weighted by molar-refractivity contribution is 7.80. The van der Waals surface area contributed by atoms with Crippen molar-refractivity contribution in [2.45, 2.75) is 45.1 Å². The standard InChI is InChI=1S/C21H26N4O2S2/c26-19(15-23-17-9-4-5-10-18(17)29-21(23)27)24-13-6-14-25(24)20(28)22-12-11-16-7-2-1-3-8-16/h4-5,7,9-10H,1-3,6,8,11-15H2,(H,22,28). The van der Waals surface area contributed by atoms with Gasteiger partial charge in [-0.1, -0.05) is 35.1 Å². The van der Waals surface area contributed by atoms with E-state index in [4.69, 9.17) is 12.2 Å². The Kier molecular flexibility index (Phi) is 6.30. The van der Waals surface area contributed by atoms with Gasteiger partial charge in [-0.3, -0.25) is 24.2 Å². The summed E-state index contributed by atoms with van der Waals surface area (Å²) in [7, 11) is 0. The number of benzene rings is 1. The Hall–Kier alpha value is -2.19. The van der Waals surface area contributed by atoms with Crippen molar-refractivity contribution < 1.29 is 4.79 Å². The van der Waals surface area contributed by atoms with Gasteiger partial charge in [-0.25, -0.2) is 0 Å². The van der Waals surface area contributed by atoms with Crippen LogP contribution in [-0.2, 0) is 11.3 Å². The molecule has 1 aliphatic heterocycles. The van der Waals surface area contributed by atoms with E-state index >= 15 is 0 Å². The Balaban J connectivity index is 1.37. The number of nitrogens with zero attached hydrogens (tertiary/aromatic N) is 3. The Morgan fingerprint density at radius 2 is 1.97 bits per heavy atom. The summed E-state index contributed by atoms with van der Waals surface area (Å²) in [4.78, 5) is 25.2. The molecule has 2 heterocycles. The summed E-state index contributed by atoms with van der Waals surface area (Å²) in [5.41, 5.74) is 2.31. The number of fused-ring (bicyclic) bond motifs is 1. The third-order valence-electron chi connectivity index (χ3n) is 5.53. The maximum atomic E-state index is 13.0. The van der Waals surface area contributed by atoms with Gasteiger partial charge in [-0.05, 0) is 62.9 Å². The number of hydrazine groups is 1. The Labute approximate surface area is 179 Å². The molecule has 1 aromatic carbocycles. The van der Waals surface area contributed by atoms with Gasteiger partial charge in [0.05, 0.1) is 10.2 Å². The van der Waals surface area contributed by atoms with Crippen LogP contribution in [0.2, 0.25) is 0 Å². The van der Waals surface area contributed by atoms with Crippen molar-refractivity contribution >= 4 is 44.8 Å². The van der Waals surface area contributed by atoms with Crippen molar-refractivity contribution in [1.82, 2.24) is 19.9 Å². The van der Waals surface area contributed by atoms with Gasteiger partial charge in [0.2, 0.25) is 0 Å². The third kappa shape index (κ3) is 4.53. The molecule has 6 nitrogen and oxygen atoms in total. The zero-order chi connectivity index (χ0) is 20.2. The lowest BCUT2D eigenvalue weighted by Gasteiger charge is -2.30. The van der Waals surface area contributed by atoms with Gasteiger partial charge in [-0.2, -0.15) is 0 Å². The normalized spacial score (nSPS) is 16.9. The smallest absolute Gasteiger partial charge is 0.308 e. The van der Waals surface area contributed by atoms with Crippen LogP contribution in [0, 0.1) is 0 Å². The molecule has 1 aliphatic carbocycles. The average Bonchev–Trinajstić information content (AvgIpc) is 3.34. The Morgan fingerprint density at radius 1 is 1.14 bits per heavy atom. The van der Waals surface area contributed by atoms with Crippen LogP contribution in [0.15, 0.2) is 40.7 Å². The number of rotatable bonds is 5. The molecule has 8 heteroatoms. The SMILES string of the molecule is O=C(Cn1c(=O)sc2ccccc21)N1CCCN1C(=S)NCCC1=CCCCC1. The first-order chi connectivity index (χ1) is 14.1. The van der Waals surface area contributed by atoms with Crippen molar-refractivity contribution in [2.75, 3.05) is 19.6 Å². The van der Waals surface area contributed by atoms with E-state index in [-0.39, 0.29) is 17.3 Å². The van der Waals surface area contributed by atoms with E-state index in [1.54, 1.807) is 9.58 Å². The number of thiocarbonyl (C=S) groups is 1. The van der Waals surface area contributed by atoms with Crippen LogP contribution in [0.5, 0.6) is 0 Å². The molecule has 1 N–H and O–H groups in total. The topological polar surface area (TPSA) is 57.6 Å². The van der Waals surface area contributed by atoms with Crippen molar-refractivity contribution in [3.05, 3.63) is 45.6 Å². The number of hydrogen-bond donors (Lipinski definition) is 1. The fourth-order valence-electron chi connectivity index (χ4n) is 4.02. The first kappa shape index (κ1) is 20.1. The number of hydrogen-bond acceptors (Lipinski definition) is 4. The highest BCUT2D eigenvalue weighted by atomic mass is 32.1. The van der Waals surface area contributed by atoms with Gasteiger partial charge in [0, 0.05) is 19.6 Å². The lowest BCUT2D eigenvalue weighted by atomic mass is 9.97. The van der Waals surface area contributed by atoms with Crippen molar-refractivity contribution in [3.8, 4) is 0 Å². The first-order valence-corrected chi connectivity index (χ1v) is 11.5. The predicted octanol–water partition coefficient (Wildman–Crippen LogP) is 3.28. The molecular weight excluding hydrogens is 404 g/mol. The van der Waals surface area contributed by atoms with Gasteiger partial charge < -0.3 is 5.32 Å². The Morgan fingerprint density at radius 3 is 2.79 bits per heavy atom. The first-order valence-electron chi connectivity index (χ1n) is 10.3. The fourth-order valence-corrected chi connectivity index (χ4v) is 5.20. The molecule has 0 radical (unpaired) electrons. The zero-order valence-electron chi connectivity index (χ0n) is 16.4. The van der Waals surface area contributed by atoms with Gasteiger partial charge >= 0.3 is 4.87 Å². The fraction of sp³-hybridized carbons (Fsp3) is 0.476. The number of carbonyl (C=O) groups excluding carboxylic acids is 1. The molecule has 1 aromatic heterocycles. The highest BCUT2D eigenvalue weighted by Crippen LogP contribution is 2.20. The summed E-state index contributed by atoms with van der Waals surface area (Å²) in [6.07, 6.45) is 9.17. The summed E-state index contributed by atoms with van der Waals surface area (Å²) in [5, 5.41) is 7.45. The van der Waals surface area contributed by atoms with Gasteiger partial charge in [0.25, 0.3) is 5.91 Å². The minimum Gasteiger partial charge on any atom is -0.361 e. The number of carbonyl (C=O) groups is 1. The van der Waals surface area contributed by atoms with E-state index in [9.17, 15) is 9.59 Å². The van der Waals surface area contributed by atoms with Crippen LogP contribution in [0.4, 0.5) is 0 Å². The number of nitrogens with one attached hydrogen (secondary N) is 1. The largest absolute Gasteiger partial charge is 0.361 e. The molecular formula is C21H26N4O2S2. The van der Waals surface area contributed by atoms with Crippen molar-refractivity contribution in [2.24, 2.45) is 0 Å². The van der Waals surface area contributed by atoms with Crippen LogP contribution >= 0.6 is 23.6 Å². The minimum atomic E-state index is -0.105. The van der Waals surface area contributed by atoms with Gasteiger partial charge in [0.15, 0.2) is 5.11 Å². The monoisotopic (exact) mass is 430 g/mol. The second-order valence-electron chi connectivity index (χ2n) is 7.51. The lowest BCUT2D eigenvalue weighted by Crippen LogP contribution is -2.50. The molecule has 1 saturated heterocycles. The average molecular weight is 431 g/mol. The molecule has 1 amide bonds. The molecule has 4 rings (SSSR count). The van der Waals surface area contributed by atoms with E-state index in [1.165, 1.54) is 42.6 Å². The quantitative estimate of drug-likeness (QED) is 0.583. The second kappa shape index (κ2) is 9.09. The van der Waals surface area contributed by atoms with Crippen LogP contribution in [0.25, 0.3) is 10.2 Å². The lowest BCUT2D eigenvalue weighted by molar-refractivity contribution is -0.139. The molecule has 154 valence electrons. The number of aromatic nitrogens is 1. The van der Waals surface area contributed by atoms with Crippen LogP contribution in [0.1, 0.15) is 38.5 Å². The van der Waals surface area contributed by atoms with Gasteiger partial charge in [0.1, 0.15) is 6.54 Å². The van der Waals surface area contributed by atoms with Crippen LogP contribution in [0.3, 0.4) is 0 Å². The van der Waals surface area contributed by atoms with E-state index in [0.717, 1.165) is 36.1 Å². The molecule has 2 aromatic rings. The third-order valence-corrected chi connectivity index (χ3v) is 6.84. The predicted molar refractivity (Wildman–Crippen MR) is 121 cm³/mol. The van der Waals surface area contributed by atoms with E-state index in [0.29, 0.717) is 11.7 Å². The van der Waals surface area contributed by atoms with Crippen molar-refractivity contribution in [3.63, 3.8) is 0 Å². The summed E-state index contributed by atoms with van der Waals surface area (Å²) >= 11 is 6.74. The minimum absolute atomic E-state index is 0.0366. The van der Waals surface area contributed by atoms with Gasteiger partial charge in [-0.15, -0.1) is 0 Å². The molecule has 1 fully saturated rings. The second-order valence-corrected chi connectivity index (χ2v) is 8.89. The molecule has 2 aliphatic rings. The maximum absolute atomic E-state index is 13.0. The maximum Gasteiger partial charge on any atom is 0.308 e. The van der Waals surface area contributed by atoms with Crippen LogP contribution in [-0.4, -0.2) is 45.2 Å². The van der Waals surface area contributed by atoms with Crippen molar-refractivity contribution in [1.29, 1.82) is 0 Å². The number of allylic oxidation sites excluding steroid dienone is 1. The van der Waals surface area contributed by atoms with E-state index in [2.05, 4.69) is 11.4 Å². The molecule has 29 heavy (non-hydrogen) atoms. The van der Waals surface area contributed by atoms with E-state index < -0.39 is 0 Å². The highest BCUT2D eigenvalue weighted by Gasteiger charge is 2.29. The molecule has 0 saturated carbocycles. The molecule has 0 bridgehead atoms. The molecule has 0 atom stereocenters. The summed E-state index contributed by atoms with van der Waals surface area (Å²) in [6, 6.07) is 7.58. The summed E-state index contributed by atoms with van der Waals surface area (Å²) in [5.74, 6) is -0.104. The number of para-hydroxylation sites is 1. The molecule has 0 unspecified atom stereocenters. The summed E-state index contributed by atoms with van der Waals surface area (Å²) in [6.45, 7) is 2.18. The Bertz CT molecular complexity index is 994. The number of amides is 1. The number of thiazole rings is 1. The summed E-state index contributed by atoms with van der Waals surface area (Å²) < 4.78 is 2.46. The van der Waals surface area contributed by atoms with Crippen LogP contribution < -0.4 is 10.2 Å². The van der Waals surface area contributed by atoms with E-state index in [1.807, 2.05) is 29.3 Å². The zero-order valence-corrected chi connectivity index (χ0v) is 18.1.